The molecular formula is C16H23N3O2. The van der Waals surface area contributed by atoms with Gasteiger partial charge in [0.1, 0.15) is 5.69 Å². The second-order valence-corrected chi connectivity index (χ2v) is 6.72. The van der Waals surface area contributed by atoms with Gasteiger partial charge in [-0.3, -0.25) is 9.59 Å². The molecule has 3 heterocycles. The van der Waals surface area contributed by atoms with Crippen molar-refractivity contribution in [1.82, 2.24) is 14.4 Å². The first kappa shape index (κ1) is 14.2. The van der Waals surface area contributed by atoms with Crippen LogP contribution in [0, 0.1) is 17.8 Å². The molecule has 5 nitrogen and oxygen atoms in total. The molecule has 1 aromatic heterocycles. The van der Waals surface area contributed by atoms with E-state index in [1.807, 2.05) is 39.7 Å². The second kappa shape index (κ2) is 5.20. The van der Waals surface area contributed by atoms with Gasteiger partial charge in [-0.25, -0.2) is 0 Å². The third-order valence-electron chi connectivity index (χ3n) is 4.56. The normalized spacial score (nSPS) is 25.0. The summed E-state index contributed by atoms with van der Waals surface area (Å²) in [6, 6.07) is 3.71. The van der Waals surface area contributed by atoms with Gasteiger partial charge in [0.25, 0.3) is 5.91 Å². The molecule has 0 spiro atoms. The minimum absolute atomic E-state index is 0.00738. The smallest absolute Gasteiger partial charge is 0.270 e. The summed E-state index contributed by atoms with van der Waals surface area (Å²) in [4.78, 5) is 28.8. The molecule has 0 aromatic carbocycles. The van der Waals surface area contributed by atoms with Crippen molar-refractivity contribution in [3.05, 3.63) is 24.0 Å². The molecule has 0 unspecified atom stereocenters. The summed E-state index contributed by atoms with van der Waals surface area (Å²) in [5.41, 5.74) is 0.696. The molecule has 2 aliphatic rings. The molecule has 5 heteroatoms. The second-order valence-electron chi connectivity index (χ2n) is 6.72. The summed E-state index contributed by atoms with van der Waals surface area (Å²) < 4.78 is 1.84. The molecular weight excluding hydrogens is 266 g/mol. The van der Waals surface area contributed by atoms with Gasteiger partial charge in [-0.15, -0.1) is 0 Å². The monoisotopic (exact) mass is 289 g/mol. The number of aryl methyl sites for hydroxylation is 1. The van der Waals surface area contributed by atoms with Crippen molar-refractivity contribution in [2.24, 2.45) is 24.8 Å². The van der Waals surface area contributed by atoms with Crippen molar-refractivity contribution in [3.8, 4) is 0 Å². The van der Waals surface area contributed by atoms with E-state index in [2.05, 4.69) is 13.8 Å². The van der Waals surface area contributed by atoms with Crippen molar-refractivity contribution in [2.75, 3.05) is 26.2 Å². The number of rotatable bonds is 3. The zero-order chi connectivity index (χ0) is 15.1. The maximum Gasteiger partial charge on any atom is 0.270 e. The van der Waals surface area contributed by atoms with Crippen LogP contribution in [0.5, 0.6) is 0 Å². The summed E-state index contributed by atoms with van der Waals surface area (Å²) in [6.45, 7) is 7.17. The maximum absolute atomic E-state index is 12.5. The van der Waals surface area contributed by atoms with Crippen LogP contribution in [0.2, 0.25) is 0 Å². The van der Waals surface area contributed by atoms with Gasteiger partial charge >= 0.3 is 0 Å². The summed E-state index contributed by atoms with van der Waals surface area (Å²) in [7, 11) is 1.87. The van der Waals surface area contributed by atoms with Crippen molar-refractivity contribution in [1.29, 1.82) is 0 Å². The maximum atomic E-state index is 12.5. The lowest BCUT2D eigenvalue weighted by molar-refractivity contribution is -0.131. The Hall–Kier alpha value is -1.78. The summed E-state index contributed by atoms with van der Waals surface area (Å²) in [6.07, 6.45) is 1.87. The van der Waals surface area contributed by atoms with Crippen LogP contribution in [0.4, 0.5) is 0 Å². The summed E-state index contributed by atoms with van der Waals surface area (Å²) in [5, 5.41) is 0. The first-order chi connectivity index (χ1) is 9.97. The number of fused-ring (bicyclic) bond motifs is 1. The fourth-order valence-corrected chi connectivity index (χ4v) is 3.56. The number of hydrogen-bond donors (Lipinski definition) is 0. The Balaban J connectivity index is 1.67. The molecule has 0 saturated carbocycles. The van der Waals surface area contributed by atoms with Crippen LogP contribution >= 0.6 is 0 Å². The number of carbonyl (C=O) groups excluding carboxylic acids is 2. The van der Waals surface area contributed by atoms with Gasteiger partial charge < -0.3 is 14.4 Å². The van der Waals surface area contributed by atoms with Gasteiger partial charge in [0.2, 0.25) is 5.91 Å². The Morgan fingerprint density at radius 3 is 2.67 bits per heavy atom. The molecule has 2 saturated heterocycles. The van der Waals surface area contributed by atoms with E-state index in [4.69, 9.17) is 0 Å². The van der Waals surface area contributed by atoms with E-state index in [1.54, 1.807) is 0 Å². The first-order valence-corrected chi connectivity index (χ1v) is 7.66. The predicted molar refractivity (Wildman–Crippen MR) is 79.7 cm³/mol. The molecule has 3 rings (SSSR count). The van der Waals surface area contributed by atoms with Crippen LogP contribution < -0.4 is 0 Å². The number of aromatic nitrogens is 1. The highest BCUT2D eigenvalue weighted by molar-refractivity contribution is 5.94. The van der Waals surface area contributed by atoms with E-state index < -0.39 is 0 Å². The quantitative estimate of drug-likeness (QED) is 0.839. The van der Waals surface area contributed by atoms with Crippen LogP contribution in [-0.2, 0) is 11.8 Å². The third kappa shape index (κ3) is 2.45. The van der Waals surface area contributed by atoms with Gasteiger partial charge in [-0.2, -0.15) is 0 Å². The van der Waals surface area contributed by atoms with Gasteiger partial charge in [0.15, 0.2) is 0 Å². The standard InChI is InChI=1S/C16H23N3O2/c1-11(2)7-18-8-12-9-19(10-13(12)15(18)20)16(21)14-5-4-6-17(14)3/h4-6,11-13H,7-10H2,1-3H3/t12-,13+/m1/s1. The predicted octanol–water partition coefficient (Wildman–Crippen LogP) is 1.21. The molecule has 0 aliphatic carbocycles. The minimum atomic E-state index is 0.00738. The van der Waals surface area contributed by atoms with Gasteiger partial charge in [-0.1, -0.05) is 13.8 Å². The molecule has 114 valence electrons. The summed E-state index contributed by atoms with van der Waals surface area (Å²) in [5.74, 6) is 1.08. The Bertz CT molecular complexity index is 564. The molecule has 0 bridgehead atoms. The van der Waals surface area contributed by atoms with Crippen LogP contribution in [0.25, 0.3) is 0 Å². The average molecular weight is 289 g/mol. The molecule has 2 amide bonds. The Kier molecular flexibility index (Phi) is 3.51. The third-order valence-corrected chi connectivity index (χ3v) is 4.56. The Morgan fingerprint density at radius 2 is 2.10 bits per heavy atom. The van der Waals surface area contributed by atoms with Crippen molar-refractivity contribution in [2.45, 2.75) is 13.8 Å². The van der Waals surface area contributed by atoms with Gasteiger partial charge in [-0.05, 0) is 18.1 Å². The molecule has 2 fully saturated rings. The lowest BCUT2D eigenvalue weighted by atomic mass is 10.0. The van der Waals surface area contributed by atoms with Gasteiger partial charge in [0, 0.05) is 45.3 Å². The fourth-order valence-electron chi connectivity index (χ4n) is 3.56. The summed E-state index contributed by atoms with van der Waals surface area (Å²) >= 11 is 0. The minimum Gasteiger partial charge on any atom is -0.347 e. The number of likely N-dealkylation sites (tertiary alicyclic amines) is 2. The fraction of sp³-hybridized carbons (Fsp3) is 0.625. The average Bonchev–Trinajstić information content (AvgIpc) is 3.07. The Morgan fingerprint density at radius 1 is 1.33 bits per heavy atom. The van der Waals surface area contributed by atoms with E-state index in [-0.39, 0.29) is 17.7 Å². The molecule has 0 N–H and O–H groups in total. The highest BCUT2D eigenvalue weighted by atomic mass is 16.2. The van der Waals surface area contributed by atoms with E-state index in [9.17, 15) is 9.59 Å². The first-order valence-electron chi connectivity index (χ1n) is 7.66. The Labute approximate surface area is 125 Å². The van der Waals surface area contributed by atoms with Crippen LogP contribution in [0.1, 0.15) is 24.3 Å². The van der Waals surface area contributed by atoms with E-state index in [0.717, 1.165) is 13.1 Å². The number of hydrogen-bond acceptors (Lipinski definition) is 2. The molecule has 1 aromatic rings. The van der Waals surface area contributed by atoms with E-state index in [0.29, 0.717) is 30.6 Å². The van der Waals surface area contributed by atoms with Crippen LogP contribution in [-0.4, -0.2) is 52.4 Å². The highest BCUT2D eigenvalue weighted by Crippen LogP contribution is 2.33. The molecule has 0 radical (unpaired) electrons. The number of nitrogens with zero attached hydrogens (tertiary/aromatic N) is 3. The number of amides is 2. The van der Waals surface area contributed by atoms with Crippen LogP contribution in [0.3, 0.4) is 0 Å². The van der Waals surface area contributed by atoms with Crippen molar-refractivity contribution >= 4 is 11.8 Å². The molecule has 21 heavy (non-hydrogen) atoms. The van der Waals surface area contributed by atoms with E-state index >= 15 is 0 Å². The SMILES string of the molecule is CC(C)CN1C[C@@H]2CN(C(=O)c3cccn3C)C[C@@H]2C1=O. The van der Waals surface area contributed by atoms with Crippen molar-refractivity contribution in [3.63, 3.8) is 0 Å². The number of carbonyl (C=O) groups is 2. The van der Waals surface area contributed by atoms with Crippen LogP contribution in [0.15, 0.2) is 18.3 Å². The topological polar surface area (TPSA) is 45.5 Å². The lowest BCUT2D eigenvalue weighted by Gasteiger charge is -2.23. The highest BCUT2D eigenvalue weighted by Gasteiger charge is 2.47. The van der Waals surface area contributed by atoms with E-state index in [1.165, 1.54) is 0 Å². The lowest BCUT2D eigenvalue weighted by Crippen LogP contribution is -2.37. The van der Waals surface area contributed by atoms with Gasteiger partial charge in [0.05, 0.1) is 5.92 Å². The molecule has 2 aliphatic heterocycles. The largest absolute Gasteiger partial charge is 0.347 e. The molecule has 2 atom stereocenters. The zero-order valence-corrected chi connectivity index (χ0v) is 13.0. The zero-order valence-electron chi connectivity index (χ0n) is 13.0. The van der Waals surface area contributed by atoms with Crippen molar-refractivity contribution < 1.29 is 9.59 Å².